The number of para-hydroxylation sites is 1. The third kappa shape index (κ3) is 1.99. The maximum Gasteiger partial charge on any atom is 0.124 e. The lowest BCUT2D eigenvalue weighted by molar-refractivity contribution is 0.200. The molecule has 0 amide bonds. The standard InChI is InChI=1S/C9H11BrO2/c1-12-9-5-3-2-4-7(9)8(11)6-10/h2-5,8,11H,6H2,1H3/t8-/m1/s1. The summed E-state index contributed by atoms with van der Waals surface area (Å²) in [4.78, 5) is 0. The molecule has 3 heteroatoms. The van der Waals surface area contributed by atoms with Crippen LogP contribution in [0.2, 0.25) is 0 Å². The Morgan fingerprint density at radius 1 is 1.50 bits per heavy atom. The van der Waals surface area contributed by atoms with Crippen LogP contribution in [0.3, 0.4) is 0 Å². The molecule has 0 aliphatic carbocycles. The molecule has 0 heterocycles. The van der Waals surface area contributed by atoms with Crippen LogP contribution in [0, 0.1) is 0 Å². The van der Waals surface area contributed by atoms with Gasteiger partial charge in [-0.05, 0) is 6.07 Å². The van der Waals surface area contributed by atoms with E-state index in [-0.39, 0.29) is 0 Å². The van der Waals surface area contributed by atoms with E-state index in [1.54, 1.807) is 7.11 Å². The van der Waals surface area contributed by atoms with Gasteiger partial charge < -0.3 is 9.84 Å². The van der Waals surface area contributed by atoms with Gasteiger partial charge in [0.1, 0.15) is 5.75 Å². The summed E-state index contributed by atoms with van der Waals surface area (Å²) in [6.07, 6.45) is -0.499. The highest BCUT2D eigenvalue weighted by atomic mass is 79.9. The van der Waals surface area contributed by atoms with E-state index < -0.39 is 6.10 Å². The Morgan fingerprint density at radius 3 is 2.75 bits per heavy atom. The summed E-state index contributed by atoms with van der Waals surface area (Å²) < 4.78 is 5.09. The quantitative estimate of drug-likeness (QED) is 0.807. The number of alkyl halides is 1. The van der Waals surface area contributed by atoms with Gasteiger partial charge in [-0.2, -0.15) is 0 Å². The molecular formula is C9H11BrO2. The van der Waals surface area contributed by atoms with Gasteiger partial charge in [0.05, 0.1) is 13.2 Å². The van der Waals surface area contributed by atoms with Crippen molar-refractivity contribution in [3.63, 3.8) is 0 Å². The van der Waals surface area contributed by atoms with E-state index in [0.717, 1.165) is 11.3 Å². The number of benzene rings is 1. The lowest BCUT2D eigenvalue weighted by atomic mass is 10.1. The lowest BCUT2D eigenvalue weighted by Crippen LogP contribution is -2.00. The van der Waals surface area contributed by atoms with E-state index >= 15 is 0 Å². The van der Waals surface area contributed by atoms with Crippen LogP contribution in [0.15, 0.2) is 24.3 Å². The summed E-state index contributed by atoms with van der Waals surface area (Å²) in [6.45, 7) is 0. The molecular weight excluding hydrogens is 220 g/mol. The van der Waals surface area contributed by atoms with Gasteiger partial charge in [-0.15, -0.1) is 0 Å². The SMILES string of the molecule is COc1ccccc1[C@H](O)CBr. The van der Waals surface area contributed by atoms with Crippen LogP contribution < -0.4 is 4.74 Å². The van der Waals surface area contributed by atoms with Gasteiger partial charge in [-0.3, -0.25) is 0 Å². The van der Waals surface area contributed by atoms with Gasteiger partial charge in [-0.25, -0.2) is 0 Å². The van der Waals surface area contributed by atoms with E-state index in [2.05, 4.69) is 15.9 Å². The molecule has 66 valence electrons. The number of hydrogen-bond acceptors (Lipinski definition) is 2. The Hall–Kier alpha value is -0.540. The zero-order chi connectivity index (χ0) is 8.97. The number of ether oxygens (including phenoxy) is 1. The number of rotatable bonds is 3. The third-order valence-electron chi connectivity index (χ3n) is 1.64. The normalized spacial score (nSPS) is 12.6. The van der Waals surface area contributed by atoms with Crippen LogP contribution >= 0.6 is 15.9 Å². The molecule has 0 spiro atoms. The average molecular weight is 231 g/mol. The predicted molar refractivity (Wildman–Crippen MR) is 51.7 cm³/mol. The zero-order valence-corrected chi connectivity index (χ0v) is 8.41. The zero-order valence-electron chi connectivity index (χ0n) is 6.83. The molecule has 1 aromatic carbocycles. The van der Waals surface area contributed by atoms with Crippen LogP contribution in [-0.4, -0.2) is 17.5 Å². The van der Waals surface area contributed by atoms with E-state index in [1.807, 2.05) is 24.3 Å². The fourth-order valence-electron chi connectivity index (χ4n) is 1.02. The second kappa shape index (κ2) is 4.48. The molecule has 12 heavy (non-hydrogen) atoms. The molecule has 0 aliphatic rings. The average Bonchev–Trinajstić information content (AvgIpc) is 2.16. The number of aliphatic hydroxyl groups excluding tert-OH is 1. The van der Waals surface area contributed by atoms with Crippen molar-refractivity contribution in [2.45, 2.75) is 6.10 Å². The van der Waals surface area contributed by atoms with Crippen molar-refractivity contribution in [3.8, 4) is 5.75 Å². The maximum atomic E-state index is 9.51. The molecule has 0 saturated carbocycles. The van der Waals surface area contributed by atoms with Gasteiger partial charge in [0.2, 0.25) is 0 Å². The molecule has 1 N–H and O–H groups in total. The van der Waals surface area contributed by atoms with Crippen molar-refractivity contribution in [1.82, 2.24) is 0 Å². The molecule has 1 rings (SSSR count). The van der Waals surface area contributed by atoms with E-state index in [9.17, 15) is 5.11 Å². The van der Waals surface area contributed by atoms with Crippen molar-refractivity contribution < 1.29 is 9.84 Å². The van der Waals surface area contributed by atoms with Crippen LogP contribution in [0.4, 0.5) is 0 Å². The first-order valence-corrected chi connectivity index (χ1v) is 4.78. The minimum Gasteiger partial charge on any atom is -0.496 e. The van der Waals surface area contributed by atoms with E-state index in [4.69, 9.17) is 4.74 Å². The van der Waals surface area contributed by atoms with Crippen LogP contribution in [0.1, 0.15) is 11.7 Å². The van der Waals surface area contributed by atoms with Gasteiger partial charge in [0, 0.05) is 10.9 Å². The first kappa shape index (κ1) is 9.55. The number of aliphatic hydroxyl groups is 1. The summed E-state index contributed by atoms with van der Waals surface area (Å²) in [7, 11) is 1.60. The Kier molecular flexibility index (Phi) is 3.56. The molecule has 0 saturated heterocycles. The Labute approximate surface area is 80.3 Å². The molecule has 2 nitrogen and oxygen atoms in total. The van der Waals surface area contributed by atoms with Crippen LogP contribution in [0.25, 0.3) is 0 Å². The molecule has 1 atom stereocenters. The summed E-state index contributed by atoms with van der Waals surface area (Å²) in [5.41, 5.74) is 0.817. The summed E-state index contributed by atoms with van der Waals surface area (Å²) in [5, 5.41) is 10.0. The highest BCUT2D eigenvalue weighted by Gasteiger charge is 2.09. The monoisotopic (exact) mass is 230 g/mol. The van der Waals surface area contributed by atoms with Gasteiger partial charge in [0.15, 0.2) is 0 Å². The molecule has 0 fully saturated rings. The van der Waals surface area contributed by atoms with Crippen molar-refractivity contribution >= 4 is 15.9 Å². The highest BCUT2D eigenvalue weighted by Crippen LogP contribution is 2.25. The summed E-state index contributed by atoms with van der Waals surface area (Å²) in [5.74, 6) is 0.726. The summed E-state index contributed by atoms with van der Waals surface area (Å²) >= 11 is 3.21. The van der Waals surface area contributed by atoms with Crippen molar-refractivity contribution in [1.29, 1.82) is 0 Å². The summed E-state index contributed by atoms with van der Waals surface area (Å²) in [6, 6.07) is 7.44. The molecule has 0 aliphatic heterocycles. The van der Waals surface area contributed by atoms with Gasteiger partial charge in [-0.1, -0.05) is 34.1 Å². The molecule has 0 bridgehead atoms. The fourth-order valence-corrected chi connectivity index (χ4v) is 1.37. The minimum absolute atomic E-state index is 0.499. The van der Waals surface area contributed by atoms with Crippen molar-refractivity contribution in [3.05, 3.63) is 29.8 Å². The van der Waals surface area contributed by atoms with Gasteiger partial charge in [0.25, 0.3) is 0 Å². The second-order valence-corrected chi connectivity index (χ2v) is 3.06. The van der Waals surface area contributed by atoms with E-state index in [0.29, 0.717) is 5.33 Å². The molecule has 0 aromatic heterocycles. The Morgan fingerprint density at radius 2 is 2.17 bits per heavy atom. The number of methoxy groups -OCH3 is 1. The largest absolute Gasteiger partial charge is 0.496 e. The fraction of sp³-hybridized carbons (Fsp3) is 0.333. The van der Waals surface area contributed by atoms with Crippen molar-refractivity contribution in [2.24, 2.45) is 0 Å². The maximum absolute atomic E-state index is 9.51. The number of hydrogen-bond donors (Lipinski definition) is 1. The highest BCUT2D eigenvalue weighted by molar-refractivity contribution is 9.09. The second-order valence-electron chi connectivity index (χ2n) is 2.41. The van der Waals surface area contributed by atoms with Crippen molar-refractivity contribution in [2.75, 3.05) is 12.4 Å². The Balaban J connectivity index is 2.96. The molecule has 1 aromatic rings. The smallest absolute Gasteiger partial charge is 0.124 e. The molecule has 0 unspecified atom stereocenters. The third-order valence-corrected chi connectivity index (χ3v) is 2.26. The van der Waals surface area contributed by atoms with Crippen LogP contribution in [-0.2, 0) is 0 Å². The lowest BCUT2D eigenvalue weighted by Gasteiger charge is -2.11. The van der Waals surface area contributed by atoms with Crippen LogP contribution in [0.5, 0.6) is 5.75 Å². The first-order chi connectivity index (χ1) is 5.79. The van der Waals surface area contributed by atoms with E-state index in [1.165, 1.54) is 0 Å². The van der Waals surface area contributed by atoms with Gasteiger partial charge >= 0.3 is 0 Å². The number of halogens is 1. The topological polar surface area (TPSA) is 29.5 Å². The predicted octanol–water partition coefficient (Wildman–Crippen LogP) is 2.12. The minimum atomic E-state index is -0.499. The molecule has 0 radical (unpaired) electrons. The Bertz CT molecular complexity index is 250. The first-order valence-electron chi connectivity index (χ1n) is 3.66.